The van der Waals surface area contributed by atoms with Crippen molar-refractivity contribution in [1.82, 2.24) is 0 Å². The maximum atomic E-state index is 11.7. The normalized spacial score (nSPS) is 12.0. The van der Waals surface area contributed by atoms with E-state index in [1.54, 1.807) is 27.7 Å². The Balaban J connectivity index is -0.000000852. The first kappa shape index (κ1) is 63.1. The summed E-state index contributed by atoms with van der Waals surface area (Å²) in [5, 5.41) is 0. The van der Waals surface area contributed by atoms with Crippen LogP contribution in [-0.2, 0) is 57.2 Å². The zero-order chi connectivity index (χ0) is 47.1. The first-order valence-electron chi connectivity index (χ1n) is 24.8. The lowest BCUT2D eigenvalue weighted by molar-refractivity contribution is -0.156. The van der Waals surface area contributed by atoms with Crippen LogP contribution in [0.3, 0.4) is 0 Å². The van der Waals surface area contributed by atoms with Gasteiger partial charge in [0.25, 0.3) is 0 Å². The predicted molar refractivity (Wildman–Crippen MR) is 247 cm³/mol. The molecule has 0 saturated heterocycles. The SMILES string of the molecule is CCCCCCCC(=O)O[C@@H](C)CC(=O)OCC.CCCCCCCCOC(=O)C[C@H](C)OC(=O)CCCCCCC.CCCCCCOC(=O)C[C@H](C)OC(=O)CCCCC. The summed E-state index contributed by atoms with van der Waals surface area (Å²) >= 11 is 0. The first-order chi connectivity index (χ1) is 29.8. The van der Waals surface area contributed by atoms with Crippen molar-refractivity contribution < 1.29 is 57.2 Å². The Kier molecular flexibility index (Phi) is 49.7. The van der Waals surface area contributed by atoms with Gasteiger partial charge in [-0.15, -0.1) is 0 Å². The molecule has 366 valence electrons. The molecule has 0 N–H and O–H groups in total. The quantitative estimate of drug-likeness (QED) is 0.0329. The summed E-state index contributed by atoms with van der Waals surface area (Å²) in [4.78, 5) is 69.0. The molecule has 0 aromatic rings. The molecular formula is C50H94O12. The third-order valence-corrected chi connectivity index (χ3v) is 9.64. The number of rotatable bonds is 38. The summed E-state index contributed by atoms with van der Waals surface area (Å²) in [5.41, 5.74) is 0. The van der Waals surface area contributed by atoms with Crippen LogP contribution in [0.15, 0.2) is 0 Å². The second kappa shape index (κ2) is 48.8. The fourth-order valence-corrected chi connectivity index (χ4v) is 6.07. The average molecular weight is 887 g/mol. The number of hydrogen-bond acceptors (Lipinski definition) is 12. The highest BCUT2D eigenvalue weighted by Crippen LogP contribution is 2.11. The molecule has 0 aromatic heterocycles. The van der Waals surface area contributed by atoms with E-state index in [1.165, 1.54) is 77.0 Å². The van der Waals surface area contributed by atoms with Gasteiger partial charge in [-0.2, -0.15) is 0 Å². The largest absolute Gasteiger partial charge is 0.466 e. The highest BCUT2D eigenvalue weighted by molar-refractivity contribution is 5.73. The molecule has 0 heterocycles. The van der Waals surface area contributed by atoms with Crippen molar-refractivity contribution in [2.24, 2.45) is 0 Å². The van der Waals surface area contributed by atoms with Crippen LogP contribution < -0.4 is 0 Å². The van der Waals surface area contributed by atoms with Gasteiger partial charge in [0.1, 0.15) is 18.3 Å². The molecule has 62 heavy (non-hydrogen) atoms. The summed E-state index contributed by atoms with van der Waals surface area (Å²) in [7, 11) is 0. The van der Waals surface area contributed by atoms with Gasteiger partial charge in [0.2, 0.25) is 0 Å². The van der Waals surface area contributed by atoms with E-state index in [4.69, 9.17) is 28.4 Å². The van der Waals surface area contributed by atoms with E-state index in [1.807, 2.05) is 0 Å². The maximum Gasteiger partial charge on any atom is 0.309 e. The lowest BCUT2D eigenvalue weighted by atomic mass is 10.1. The summed E-state index contributed by atoms with van der Waals surface area (Å²) in [6, 6.07) is 0. The van der Waals surface area contributed by atoms with E-state index in [-0.39, 0.29) is 55.1 Å². The molecule has 0 fully saturated rings. The zero-order valence-electron chi connectivity index (χ0n) is 41.3. The second-order valence-electron chi connectivity index (χ2n) is 16.4. The van der Waals surface area contributed by atoms with E-state index in [0.29, 0.717) is 39.1 Å². The Morgan fingerprint density at radius 3 is 0.871 bits per heavy atom. The first-order valence-corrected chi connectivity index (χ1v) is 24.8. The number of carbonyl (C=O) groups excluding carboxylic acids is 6. The van der Waals surface area contributed by atoms with Crippen LogP contribution in [0.1, 0.15) is 249 Å². The van der Waals surface area contributed by atoms with Crippen LogP contribution in [0.4, 0.5) is 0 Å². The molecule has 0 saturated carbocycles. The fourth-order valence-electron chi connectivity index (χ4n) is 6.07. The Hall–Kier alpha value is -3.18. The monoisotopic (exact) mass is 887 g/mol. The van der Waals surface area contributed by atoms with E-state index in [9.17, 15) is 28.8 Å². The summed E-state index contributed by atoms with van der Waals surface area (Å²) in [6.07, 6.45) is 25.9. The van der Waals surface area contributed by atoms with E-state index >= 15 is 0 Å². The van der Waals surface area contributed by atoms with Crippen LogP contribution in [0.25, 0.3) is 0 Å². The molecule has 0 aliphatic carbocycles. The molecule has 12 nitrogen and oxygen atoms in total. The number of hydrogen-bond donors (Lipinski definition) is 0. The lowest BCUT2D eigenvalue weighted by Crippen LogP contribution is -2.20. The van der Waals surface area contributed by atoms with Crippen molar-refractivity contribution in [3.05, 3.63) is 0 Å². The zero-order valence-corrected chi connectivity index (χ0v) is 41.3. The van der Waals surface area contributed by atoms with Crippen LogP contribution in [0, 0.1) is 0 Å². The smallest absolute Gasteiger partial charge is 0.309 e. The van der Waals surface area contributed by atoms with Crippen molar-refractivity contribution in [1.29, 1.82) is 0 Å². The molecule has 0 bridgehead atoms. The van der Waals surface area contributed by atoms with Crippen molar-refractivity contribution in [3.8, 4) is 0 Å². The van der Waals surface area contributed by atoms with Gasteiger partial charge in [0.05, 0.1) is 39.1 Å². The van der Waals surface area contributed by atoms with Gasteiger partial charge in [-0.25, -0.2) is 0 Å². The molecule has 0 aliphatic heterocycles. The van der Waals surface area contributed by atoms with Gasteiger partial charge < -0.3 is 28.4 Å². The van der Waals surface area contributed by atoms with Crippen molar-refractivity contribution in [2.45, 2.75) is 267 Å². The van der Waals surface area contributed by atoms with Crippen LogP contribution in [-0.4, -0.2) is 73.9 Å². The van der Waals surface area contributed by atoms with Gasteiger partial charge in [-0.3, -0.25) is 28.8 Å². The van der Waals surface area contributed by atoms with Gasteiger partial charge >= 0.3 is 35.8 Å². The Bertz CT molecular complexity index is 1080. The van der Waals surface area contributed by atoms with E-state index in [2.05, 4.69) is 34.6 Å². The molecule has 0 spiro atoms. The van der Waals surface area contributed by atoms with Crippen LogP contribution in [0.5, 0.6) is 0 Å². The molecule has 0 radical (unpaired) electrons. The highest BCUT2D eigenvalue weighted by atomic mass is 16.6. The Morgan fingerprint density at radius 1 is 0.306 bits per heavy atom. The predicted octanol–water partition coefficient (Wildman–Crippen LogP) is 12.8. The minimum absolute atomic E-state index is 0.134. The van der Waals surface area contributed by atoms with Gasteiger partial charge in [-0.05, 0) is 59.8 Å². The molecule has 0 unspecified atom stereocenters. The minimum Gasteiger partial charge on any atom is -0.466 e. The molecule has 3 atom stereocenters. The molecule has 0 aliphatic rings. The topological polar surface area (TPSA) is 158 Å². The standard InChI is InChI=1S/C20H38O4.C16H30O4.C14H26O4/c1-4-6-8-10-12-14-16-23-20(22)17-18(3)24-19(21)15-13-11-9-7-5-2;1-4-6-8-10-12-19-16(18)13-14(3)20-15(17)11-9-7-5-2;1-4-6-7-8-9-10-13(15)18-12(3)11-14(16)17-5-2/h18H,4-17H2,1-3H3;14H,4-13H2,1-3H3;12H,4-11H2,1-3H3/t18-;14-;12-/m000/s1. The van der Waals surface area contributed by atoms with Crippen molar-refractivity contribution in [2.75, 3.05) is 19.8 Å². The third kappa shape index (κ3) is 51.2. The fraction of sp³-hybridized carbons (Fsp3) is 0.880. The third-order valence-electron chi connectivity index (χ3n) is 9.64. The summed E-state index contributed by atoms with van der Waals surface area (Å²) in [6.45, 7) is 19.0. The van der Waals surface area contributed by atoms with Gasteiger partial charge in [0.15, 0.2) is 0 Å². The number of esters is 6. The van der Waals surface area contributed by atoms with Crippen molar-refractivity contribution >= 4 is 35.8 Å². The molecule has 0 aromatic carbocycles. The van der Waals surface area contributed by atoms with Crippen molar-refractivity contribution in [3.63, 3.8) is 0 Å². The number of ether oxygens (including phenoxy) is 6. The summed E-state index contributed by atoms with van der Waals surface area (Å²) in [5.74, 6) is -1.52. The maximum absolute atomic E-state index is 11.7. The van der Waals surface area contributed by atoms with E-state index < -0.39 is 18.3 Å². The highest BCUT2D eigenvalue weighted by Gasteiger charge is 2.17. The van der Waals surface area contributed by atoms with Gasteiger partial charge in [-0.1, -0.05) is 150 Å². The Labute approximate surface area is 378 Å². The van der Waals surface area contributed by atoms with E-state index in [0.717, 1.165) is 70.6 Å². The minimum atomic E-state index is -0.398. The Morgan fingerprint density at radius 2 is 0.548 bits per heavy atom. The van der Waals surface area contributed by atoms with Crippen LogP contribution in [0.2, 0.25) is 0 Å². The molecular weight excluding hydrogens is 793 g/mol. The molecule has 0 rings (SSSR count). The number of unbranched alkanes of at least 4 members (excludes halogenated alkanes) is 18. The second-order valence-corrected chi connectivity index (χ2v) is 16.4. The number of carbonyl (C=O) groups is 6. The lowest BCUT2D eigenvalue weighted by Gasteiger charge is -2.13. The molecule has 12 heteroatoms. The summed E-state index contributed by atoms with van der Waals surface area (Å²) < 4.78 is 30.7. The molecule has 0 amide bonds. The average Bonchev–Trinajstić information content (AvgIpc) is 3.20. The van der Waals surface area contributed by atoms with Gasteiger partial charge in [0, 0.05) is 19.3 Å². The van der Waals surface area contributed by atoms with Crippen LogP contribution >= 0.6 is 0 Å².